The normalized spacial score (nSPS) is 24.1. The molecule has 1 amide bonds. The molecule has 2 aromatic carbocycles. The van der Waals surface area contributed by atoms with Gasteiger partial charge in [-0.2, -0.15) is 4.99 Å². The summed E-state index contributed by atoms with van der Waals surface area (Å²) >= 11 is 1.42. The van der Waals surface area contributed by atoms with Crippen LogP contribution in [0, 0.1) is 20.8 Å². The molecule has 0 aromatic heterocycles. The number of sulfone groups is 1. The second-order valence-corrected chi connectivity index (χ2v) is 11.2. The summed E-state index contributed by atoms with van der Waals surface area (Å²) in [5, 5.41) is 0.523. The van der Waals surface area contributed by atoms with E-state index in [0.29, 0.717) is 5.17 Å². The monoisotopic (exact) mass is 428 g/mol. The van der Waals surface area contributed by atoms with Crippen molar-refractivity contribution < 1.29 is 13.2 Å². The second kappa shape index (κ2) is 7.61. The number of aliphatic imine (C=N–C) groups is 1. The molecule has 2 fully saturated rings. The summed E-state index contributed by atoms with van der Waals surface area (Å²) in [5.74, 6) is 0.0236. The number of benzene rings is 2. The van der Waals surface area contributed by atoms with Crippen LogP contribution in [-0.2, 0) is 21.1 Å². The van der Waals surface area contributed by atoms with Crippen molar-refractivity contribution in [2.45, 2.75) is 38.5 Å². The molecule has 0 spiro atoms. The van der Waals surface area contributed by atoms with Crippen LogP contribution < -0.4 is 4.90 Å². The van der Waals surface area contributed by atoms with Gasteiger partial charge in [0.15, 0.2) is 15.0 Å². The highest BCUT2D eigenvalue weighted by Crippen LogP contribution is 2.43. The maximum absolute atomic E-state index is 12.7. The number of hydrogen-bond donors (Lipinski definition) is 0. The van der Waals surface area contributed by atoms with Gasteiger partial charge in [-0.15, -0.1) is 0 Å². The minimum absolute atomic E-state index is 0.0930. The van der Waals surface area contributed by atoms with Gasteiger partial charge in [0.1, 0.15) is 0 Å². The van der Waals surface area contributed by atoms with Gasteiger partial charge in [-0.25, -0.2) is 8.42 Å². The first-order valence-corrected chi connectivity index (χ1v) is 12.3. The highest BCUT2D eigenvalue weighted by Gasteiger charge is 2.49. The largest absolute Gasteiger partial charge is 0.315 e. The number of anilines is 1. The molecule has 5 nitrogen and oxygen atoms in total. The van der Waals surface area contributed by atoms with E-state index >= 15 is 0 Å². The Morgan fingerprint density at radius 2 is 1.79 bits per heavy atom. The molecule has 2 heterocycles. The number of fused-ring (bicyclic) bond motifs is 1. The Labute approximate surface area is 176 Å². The van der Waals surface area contributed by atoms with Gasteiger partial charge < -0.3 is 4.90 Å². The second-order valence-electron chi connectivity index (χ2n) is 7.86. The molecule has 0 N–H and O–H groups in total. The number of amidine groups is 1. The third-order valence-electron chi connectivity index (χ3n) is 5.41. The minimum atomic E-state index is -3.08. The predicted octanol–water partition coefficient (Wildman–Crippen LogP) is 3.46. The van der Waals surface area contributed by atoms with Crippen LogP contribution in [0.3, 0.4) is 0 Å². The lowest BCUT2D eigenvalue weighted by molar-refractivity contribution is -0.117. The molecule has 2 aromatic rings. The number of carbonyl (C=O) groups is 1. The van der Waals surface area contributed by atoms with Crippen molar-refractivity contribution in [2.24, 2.45) is 4.99 Å². The quantitative estimate of drug-likeness (QED) is 0.749. The number of rotatable bonds is 3. The molecule has 4 rings (SSSR count). The standard InChI is InChI=1S/C22H24N2O3S2/c1-14-6-4-9-17(10-14)11-20(25)23-22-24(21-15(2)7-5-8-16(21)3)18-12-29(26,27)13-19(18)28-22/h4-10,18-19H,11-13H2,1-3H3/t18-,19-/m1/s1. The molecule has 29 heavy (non-hydrogen) atoms. The summed E-state index contributed by atoms with van der Waals surface area (Å²) in [4.78, 5) is 19.2. The molecule has 7 heteroatoms. The Morgan fingerprint density at radius 3 is 2.48 bits per heavy atom. The van der Waals surface area contributed by atoms with Crippen molar-refractivity contribution in [2.75, 3.05) is 16.4 Å². The van der Waals surface area contributed by atoms with Crippen LogP contribution in [0.15, 0.2) is 47.5 Å². The van der Waals surface area contributed by atoms with Gasteiger partial charge in [0.25, 0.3) is 5.91 Å². The van der Waals surface area contributed by atoms with E-state index in [1.807, 2.05) is 68.1 Å². The van der Waals surface area contributed by atoms with Crippen LogP contribution in [0.5, 0.6) is 0 Å². The molecule has 2 aliphatic rings. The lowest BCUT2D eigenvalue weighted by atomic mass is 10.1. The zero-order valence-electron chi connectivity index (χ0n) is 16.8. The molecule has 2 aliphatic heterocycles. The van der Waals surface area contributed by atoms with Crippen molar-refractivity contribution in [1.82, 2.24) is 0 Å². The number of para-hydroxylation sites is 1. The zero-order chi connectivity index (χ0) is 20.8. The van der Waals surface area contributed by atoms with Gasteiger partial charge in [0.05, 0.1) is 24.0 Å². The molecule has 0 bridgehead atoms. The third kappa shape index (κ3) is 4.12. The predicted molar refractivity (Wildman–Crippen MR) is 120 cm³/mol. The van der Waals surface area contributed by atoms with Crippen molar-refractivity contribution in [1.29, 1.82) is 0 Å². The van der Waals surface area contributed by atoms with Crippen LogP contribution in [0.25, 0.3) is 0 Å². The molecular weight excluding hydrogens is 404 g/mol. The number of aryl methyl sites for hydroxylation is 3. The lowest BCUT2D eigenvalue weighted by Gasteiger charge is -2.28. The number of carbonyl (C=O) groups excluding carboxylic acids is 1. The fraction of sp³-hybridized carbons (Fsp3) is 0.364. The average molecular weight is 429 g/mol. The summed E-state index contributed by atoms with van der Waals surface area (Å²) in [6.45, 7) is 6.02. The molecule has 0 radical (unpaired) electrons. The van der Waals surface area contributed by atoms with E-state index in [1.165, 1.54) is 11.8 Å². The maximum atomic E-state index is 12.7. The summed E-state index contributed by atoms with van der Waals surface area (Å²) in [6, 6.07) is 13.7. The molecular formula is C22H24N2O3S2. The highest BCUT2D eigenvalue weighted by atomic mass is 32.2. The lowest BCUT2D eigenvalue weighted by Crippen LogP contribution is -2.38. The highest BCUT2D eigenvalue weighted by molar-refractivity contribution is 8.16. The van der Waals surface area contributed by atoms with Gasteiger partial charge in [0, 0.05) is 10.9 Å². The van der Waals surface area contributed by atoms with E-state index in [1.54, 1.807) is 0 Å². The Kier molecular flexibility index (Phi) is 5.29. The Bertz CT molecular complexity index is 1090. The molecule has 2 atom stereocenters. The minimum Gasteiger partial charge on any atom is -0.315 e. The van der Waals surface area contributed by atoms with Gasteiger partial charge >= 0.3 is 0 Å². The van der Waals surface area contributed by atoms with Gasteiger partial charge in [-0.1, -0.05) is 59.8 Å². The SMILES string of the molecule is Cc1cccc(CC(=O)N=C2S[C@@H]3CS(=O)(=O)C[C@H]3N2c2c(C)cccc2C)c1. The Morgan fingerprint density at radius 1 is 1.10 bits per heavy atom. The summed E-state index contributed by atoms with van der Waals surface area (Å²) in [5.41, 5.74) is 5.11. The van der Waals surface area contributed by atoms with E-state index in [2.05, 4.69) is 4.99 Å². The van der Waals surface area contributed by atoms with Crippen molar-refractivity contribution in [3.8, 4) is 0 Å². The number of thioether (sulfide) groups is 1. The smallest absolute Gasteiger partial charge is 0.252 e. The fourth-order valence-electron chi connectivity index (χ4n) is 4.15. The van der Waals surface area contributed by atoms with Gasteiger partial charge in [-0.3, -0.25) is 4.79 Å². The topological polar surface area (TPSA) is 66.8 Å². The van der Waals surface area contributed by atoms with Gasteiger partial charge in [-0.05, 0) is 37.5 Å². The molecule has 152 valence electrons. The Hall–Kier alpha value is -2.12. The Balaban J connectivity index is 1.70. The van der Waals surface area contributed by atoms with E-state index < -0.39 is 9.84 Å². The maximum Gasteiger partial charge on any atom is 0.252 e. The van der Waals surface area contributed by atoms with Crippen molar-refractivity contribution in [3.05, 3.63) is 64.7 Å². The van der Waals surface area contributed by atoms with Crippen LogP contribution in [-0.4, -0.2) is 42.3 Å². The third-order valence-corrected chi connectivity index (χ3v) is 8.61. The van der Waals surface area contributed by atoms with Crippen LogP contribution in [0.1, 0.15) is 22.3 Å². The van der Waals surface area contributed by atoms with Crippen molar-refractivity contribution in [3.63, 3.8) is 0 Å². The summed E-state index contributed by atoms with van der Waals surface area (Å²) in [6.07, 6.45) is 0.236. The van der Waals surface area contributed by atoms with E-state index in [0.717, 1.165) is 27.9 Å². The number of hydrogen-bond acceptors (Lipinski definition) is 4. The van der Waals surface area contributed by atoms with E-state index in [-0.39, 0.29) is 35.1 Å². The molecule has 0 aliphatic carbocycles. The molecule has 0 unspecified atom stereocenters. The van der Waals surface area contributed by atoms with Crippen LogP contribution in [0.2, 0.25) is 0 Å². The number of nitrogens with zero attached hydrogens (tertiary/aromatic N) is 2. The first-order valence-electron chi connectivity index (χ1n) is 9.63. The van der Waals surface area contributed by atoms with Crippen LogP contribution in [0.4, 0.5) is 5.69 Å². The molecule has 0 saturated carbocycles. The molecule has 2 saturated heterocycles. The average Bonchev–Trinajstić information content (AvgIpc) is 3.07. The fourth-order valence-corrected chi connectivity index (χ4v) is 8.07. The number of amides is 1. The summed E-state index contributed by atoms with van der Waals surface area (Å²) < 4.78 is 24.5. The zero-order valence-corrected chi connectivity index (χ0v) is 18.4. The summed E-state index contributed by atoms with van der Waals surface area (Å²) in [7, 11) is -3.08. The van der Waals surface area contributed by atoms with Crippen LogP contribution >= 0.6 is 11.8 Å². The van der Waals surface area contributed by atoms with E-state index in [4.69, 9.17) is 0 Å². The van der Waals surface area contributed by atoms with E-state index in [9.17, 15) is 13.2 Å². The van der Waals surface area contributed by atoms with Gasteiger partial charge in [0.2, 0.25) is 0 Å². The first kappa shape index (κ1) is 20.2. The first-order chi connectivity index (χ1) is 13.7. The van der Waals surface area contributed by atoms with Crippen molar-refractivity contribution >= 4 is 38.4 Å².